The molecule has 1 aromatic heterocycles. The highest BCUT2D eigenvalue weighted by Crippen LogP contribution is 2.36. The lowest BCUT2D eigenvalue weighted by Crippen LogP contribution is -2.32. The van der Waals surface area contributed by atoms with E-state index in [-0.39, 0.29) is 11.9 Å². The summed E-state index contributed by atoms with van der Waals surface area (Å²) in [6.07, 6.45) is 1.23. The maximum absolute atomic E-state index is 13.0. The Morgan fingerprint density at radius 3 is 2.54 bits per heavy atom. The smallest absolute Gasteiger partial charge is 0.338 e. The summed E-state index contributed by atoms with van der Waals surface area (Å²) in [5.74, 6) is -0.460. The third-order valence-corrected chi connectivity index (χ3v) is 4.54. The van der Waals surface area contributed by atoms with Gasteiger partial charge in [0.2, 0.25) is 0 Å². The molecule has 6 nitrogen and oxygen atoms in total. The largest absolute Gasteiger partial charge is 0.462 e. The van der Waals surface area contributed by atoms with Crippen LogP contribution >= 0.6 is 0 Å². The van der Waals surface area contributed by atoms with Gasteiger partial charge in [-0.05, 0) is 55.5 Å². The molecule has 140 valence electrons. The Kier molecular flexibility index (Phi) is 4.76. The van der Waals surface area contributed by atoms with Crippen LogP contribution in [0.5, 0.6) is 0 Å². The van der Waals surface area contributed by atoms with E-state index >= 15 is 0 Å². The fraction of sp³-hybridized carbons (Fsp3) is 0.136. The van der Waals surface area contributed by atoms with Gasteiger partial charge in [0.1, 0.15) is 0 Å². The van der Waals surface area contributed by atoms with E-state index in [0.29, 0.717) is 23.4 Å². The minimum absolute atomic E-state index is 0.102. The van der Waals surface area contributed by atoms with E-state index in [2.05, 4.69) is 10.3 Å². The summed E-state index contributed by atoms with van der Waals surface area (Å²) >= 11 is 0. The standard InChI is InChI=1S/C22H19N3O3/c1-2-28-22(27)15-10-12-16(13-11-15)24-20-19-18(9-6-14-23-19)21(26)25(20)17-7-4-3-5-8-17/h3-14,20,24H,2H2,1H3/t20-/m1/s1. The van der Waals surface area contributed by atoms with Crippen LogP contribution in [0.25, 0.3) is 0 Å². The summed E-state index contributed by atoms with van der Waals surface area (Å²) in [6, 6.07) is 20.0. The third kappa shape index (κ3) is 3.20. The maximum Gasteiger partial charge on any atom is 0.338 e. The number of benzene rings is 2. The zero-order chi connectivity index (χ0) is 19.5. The first kappa shape index (κ1) is 17.7. The molecule has 1 atom stereocenters. The number of carbonyl (C=O) groups is 2. The fourth-order valence-corrected chi connectivity index (χ4v) is 3.25. The van der Waals surface area contributed by atoms with Gasteiger partial charge < -0.3 is 10.1 Å². The second-order valence-electron chi connectivity index (χ2n) is 6.29. The van der Waals surface area contributed by atoms with Gasteiger partial charge in [-0.1, -0.05) is 18.2 Å². The first-order chi connectivity index (χ1) is 13.7. The van der Waals surface area contributed by atoms with Gasteiger partial charge >= 0.3 is 5.97 Å². The second kappa shape index (κ2) is 7.52. The molecule has 1 aliphatic rings. The number of para-hydroxylation sites is 1. The molecule has 0 saturated carbocycles. The van der Waals surface area contributed by atoms with Crippen molar-refractivity contribution in [1.29, 1.82) is 0 Å². The molecule has 0 spiro atoms. The van der Waals surface area contributed by atoms with Crippen molar-refractivity contribution >= 4 is 23.3 Å². The lowest BCUT2D eigenvalue weighted by molar-refractivity contribution is 0.0526. The van der Waals surface area contributed by atoms with Crippen molar-refractivity contribution in [3.63, 3.8) is 0 Å². The van der Waals surface area contributed by atoms with Crippen molar-refractivity contribution in [2.45, 2.75) is 13.1 Å². The van der Waals surface area contributed by atoms with Crippen molar-refractivity contribution in [2.75, 3.05) is 16.8 Å². The minimum Gasteiger partial charge on any atom is -0.462 e. The Morgan fingerprint density at radius 1 is 1.07 bits per heavy atom. The Bertz CT molecular complexity index is 1000. The Balaban J connectivity index is 1.66. The van der Waals surface area contributed by atoms with Gasteiger partial charge in [0.05, 0.1) is 23.4 Å². The van der Waals surface area contributed by atoms with Crippen LogP contribution in [0.3, 0.4) is 0 Å². The highest BCUT2D eigenvalue weighted by molar-refractivity contribution is 6.11. The molecule has 0 unspecified atom stereocenters. The molecule has 0 bridgehead atoms. The summed E-state index contributed by atoms with van der Waals surface area (Å²) in [4.78, 5) is 31.0. The molecule has 1 aliphatic heterocycles. The predicted octanol–water partition coefficient (Wildman–Crippen LogP) is 4.03. The average molecular weight is 373 g/mol. The van der Waals surface area contributed by atoms with Crippen LogP contribution in [-0.2, 0) is 4.74 Å². The van der Waals surface area contributed by atoms with Gasteiger partial charge in [-0.25, -0.2) is 4.79 Å². The highest BCUT2D eigenvalue weighted by Gasteiger charge is 2.38. The van der Waals surface area contributed by atoms with Crippen molar-refractivity contribution in [3.8, 4) is 0 Å². The van der Waals surface area contributed by atoms with E-state index in [4.69, 9.17) is 4.74 Å². The molecule has 4 rings (SSSR count). The molecule has 1 N–H and O–H groups in total. The summed E-state index contributed by atoms with van der Waals surface area (Å²) in [6.45, 7) is 2.10. The molecule has 0 aliphatic carbocycles. The van der Waals surface area contributed by atoms with E-state index in [1.165, 1.54) is 0 Å². The zero-order valence-electron chi connectivity index (χ0n) is 15.3. The topological polar surface area (TPSA) is 71.5 Å². The molecule has 6 heteroatoms. The first-order valence-electron chi connectivity index (χ1n) is 9.06. The van der Waals surface area contributed by atoms with Gasteiger partial charge in [-0.15, -0.1) is 0 Å². The number of carbonyl (C=O) groups excluding carboxylic acids is 2. The molecule has 0 saturated heterocycles. The number of pyridine rings is 1. The number of amides is 1. The molecule has 0 radical (unpaired) electrons. The summed E-state index contributed by atoms with van der Waals surface area (Å²) in [5.41, 5.74) is 3.28. The van der Waals surface area contributed by atoms with Gasteiger partial charge in [-0.2, -0.15) is 0 Å². The third-order valence-electron chi connectivity index (χ3n) is 4.54. The molecule has 0 fully saturated rings. The minimum atomic E-state index is -0.445. The Labute approximate surface area is 162 Å². The van der Waals surface area contributed by atoms with Crippen molar-refractivity contribution in [2.24, 2.45) is 0 Å². The van der Waals surface area contributed by atoms with Gasteiger partial charge in [0.25, 0.3) is 5.91 Å². The summed E-state index contributed by atoms with van der Waals surface area (Å²) in [7, 11) is 0. The molecular formula is C22H19N3O3. The number of rotatable bonds is 5. The van der Waals surface area contributed by atoms with Crippen molar-refractivity contribution in [3.05, 3.63) is 89.7 Å². The Morgan fingerprint density at radius 2 is 1.82 bits per heavy atom. The molecule has 3 aromatic rings. The molecule has 2 heterocycles. The van der Waals surface area contributed by atoms with E-state index in [1.807, 2.05) is 30.3 Å². The number of hydrogen-bond donors (Lipinski definition) is 1. The summed E-state index contributed by atoms with van der Waals surface area (Å²) < 4.78 is 5.01. The average Bonchev–Trinajstić information content (AvgIpc) is 3.01. The van der Waals surface area contributed by atoms with E-state index in [0.717, 1.165) is 11.4 Å². The van der Waals surface area contributed by atoms with E-state index < -0.39 is 6.17 Å². The van der Waals surface area contributed by atoms with Crippen molar-refractivity contribution < 1.29 is 14.3 Å². The molecule has 1 amide bonds. The quantitative estimate of drug-likeness (QED) is 0.684. The van der Waals surface area contributed by atoms with Gasteiger partial charge in [-0.3, -0.25) is 14.7 Å². The van der Waals surface area contributed by atoms with E-state index in [9.17, 15) is 9.59 Å². The van der Waals surface area contributed by atoms with Crippen LogP contribution in [-0.4, -0.2) is 23.5 Å². The number of esters is 1. The van der Waals surface area contributed by atoms with E-state index in [1.54, 1.807) is 54.4 Å². The number of hydrogen-bond acceptors (Lipinski definition) is 5. The van der Waals surface area contributed by atoms with Crippen LogP contribution in [0.1, 0.15) is 39.5 Å². The zero-order valence-corrected chi connectivity index (χ0v) is 15.3. The lowest BCUT2D eigenvalue weighted by atomic mass is 10.2. The first-order valence-corrected chi connectivity index (χ1v) is 9.06. The predicted molar refractivity (Wildman–Crippen MR) is 106 cm³/mol. The molecule has 2 aromatic carbocycles. The van der Waals surface area contributed by atoms with Crippen LogP contribution < -0.4 is 10.2 Å². The van der Waals surface area contributed by atoms with Crippen LogP contribution in [0, 0.1) is 0 Å². The van der Waals surface area contributed by atoms with Crippen LogP contribution in [0.2, 0.25) is 0 Å². The highest BCUT2D eigenvalue weighted by atomic mass is 16.5. The van der Waals surface area contributed by atoms with Crippen LogP contribution in [0.4, 0.5) is 11.4 Å². The number of fused-ring (bicyclic) bond motifs is 1. The van der Waals surface area contributed by atoms with Gasteiger partial charge in [0.15, 0.2) is 6.17 Å². The number of nitrogens with zero attached hydrogens (tertiary/aromatic N) is 2. The molecule has 28 heavy (non-hydrogen) atoms. The Hall–Kier alpha value is -3.67. The summed E-state index contributed by atoms with van der Waals surface area (Å²) in [5, 5.41) is 3.36. The van der Waals surface area contributed by atoms with Crippen molar-refractivity contribution in [1.82, 2.24) is 4.98 Å². The second-order valence-corrected chi connectivity index (χ2v) is 6.29. The number of nitrogens with one attached hydrogen (secondary N) is 1. The van der Waals surface area contributed by atoms with Crippen LogP contribution in [0.15, 0.2) is 72.9 Å². The normalized spacial score (nSPS) is 15.2. The number of anilines is 2. The maximum atomic E-state index is 13.0. The lowest BCUT2D eigenvalue weighted by Gasteiger charge is -2.26. The molecular weight excluding hydrogens is 354 g/mol. The number of ether oxygens (including phenoxy) is 1. The monoisotopic (exact) mass is 373 g/mol. The fourth-order valence-electron chi connectivity index (χ4n) is 3.25. The number of aromatic nitrogens is 1. The van der Waals surface area contributed by atoms with Gasteiger partial charge in [0, 0.05) is 17.6 Å². The SMILES string of the molecule is CCOC(=O)c1ccc(N[C@H]2c3ncccc3C(=O)N2c2ccccc2)cc1.